The highest BCUT2D eigenvalue weighted by molar-refractivity contribution is 9.09. The van der Waals surface area contributed by atoms with Crippen molar-refractivity contribution in [3.63, 3.8) is 0 Å². The number of hydrogen-bond acceptors (Lipinski definition) is 3. The maximum absolute atomic E-state index is 13.1. The van der Waals surface area contributed by atoms with E-state index in [2.05, 4.69) is 15.9 Å². The van der Waals surface area contributed by atoms with Crippen molar-refractivity contribution in [2.24, 2.45) is 0 Å². The van der Waals surface area contributed by atoms with E-state index in [4.69, 9.17) is 4.43 Å². The van der Waals surface area contributed by atoms with Crippen molar-refractivity contribution in [1.29, 1.82) is 0 Å². The molecule has 0 aliphatic carbocycles. The highest BCUT2D eigenvalue weighted by Crippen LogP contribution is 2.32. The lowest BCUT2D eigenvalue weighted by Crippen LogP contribution is -2.34. The molecule has 129 valence electrons. The van der Waals surface area contributed by atoms with E-state index in [1.165, 1.54) is 0 Å². The first-order chi connectivity index (χ1) is 11.2. The number of carbonyl (C=O) groups excluding carboxylic acids is 1. The Morgan fingerprint density at radius 2 is 1.88 bits per heavy atom. The van der Waals surface area contributed by atoms with Crippen molar-refractivity contribution in [1.82, 2.24) is 4.57 Å². The van der Waals surface area contributed by atoms with Crippen LogP contribution in [0.25, 0.3) is 10.9 Å². The molecule has 2 rings (SSSR count). The fourth-order valence-corrected chi connectivity index (χ4v) is 3.50. The number of nitrogens with zero attached hydrogens (tertiary/aromatic N) is 1. The van der Waals surface area contributed by atoms with Gasteiger partial charge in [-0.05, 0) is 30.1 Å². The van der Waals surface area contributed by atoms with Gasteiger partial charge in [-0.3, -0.25) is 14.2 Å². The minimum atomic E-state index is -0.947. The Hall–Kier alpha value is -1.24. The first-order valence-electron chi connectivity index (χ1n) is 7.86. The van der Waals surface area contributed by atoms with Crippen LogP contribution in [-0.2, 0) is 16.6 Å². The first kappa shape index (κ1) is 19.1. The summed E-state index contributed by atoms with van der Waals surface area (Å²) >= 11 is 3.21. The van der Waals surface area contributed by atoms with Crippen molar-refractivity contribution in [2.45, 2.75) is 46.0 Å². The number of aromatic nitrogens is 1. The van der Waals surface area contributed by atoms with Crippen LogP contribution >= 0.6 is 15.9 Å². The fraction of sp³-hybridized carbons (Fsp3) is 0.444. The average Bonchev–Trinajstić information content (AvgIpc) is 2.51. The van der Waals surface area contributed by atoms with Crippen LogP contribution in [0, 0.1) is 0 Å². The zero-order valence-electron chi connectivity index (χ0n) is 14.8. The summed E-state index contributed by atoms with van der Waals surface area (Å²) in [4.78, 5) is 25.7. The number of pyridine rings is 1. The predicted octanol–water partition coefficient (Wildman–Crippen LogP) is 4.10. The van der Waals surface area contributed by atoms with Gasteiger partial charge in [0.2, 0.25) is 9.04 Å². The van der Waals surface area contributed by atoms with Gasteiger partial charge in [-0.2, -0.15) is 0 Å². The molecular weight excluding hydrogens is 386 g/mol. The van der Waals surface area contributed by atoms with Crippen molar-refractivity contribution in [2.75, 3.05) is 5.33 Å². The fourth-order valence-electron chi connectivity index (χ4n) is 2.83. The van der Waals surface area contributed by atoms with E-state index >= 15 is 0 Å². The van der Waals surface area contributed by atoms with Crippen LogP contribution in [0.3, 0.4) is 0 Å². The quantitative estimate of drug-likeness (QED) is 0.424. The minimum Gasteiger partial charge on any atom is -0.399 e. The highest BCUT2D eigenvalue weighted by atomic mass is 79.9. The first-order valence-corrected chi connectivity index (χ1v) is 11.4. The third-order valence-electron chi connectivity index (χ3n) is 3.81. The van der Waals surface area contributed by atoms with Crippen molar-refractivity contribution < 1.29 is 9.22 Å². The maximum atomic E-state index is 13.1. The number of halogens is 1. The average molecular weight is 409 g/mol. The summed E-state index contributed by atoms with van der Waals surface area (Å²) in [6.07, 6.45) is 0. The molecule has 1 aromatic carbocycles. The second-order valence-electron chi connectivity index (χ2n) is 6.99. The SMILES string of the molecule is C[Si](C)OCn1c(=O)c(C(=O)CBr)c(C(C)(C)C)c2ccccc21. The Morgan fingerprint density at radius 3 is 2.42 bits per heavy atom. The molecule has 0 fully saturated rings. The van der Waals surface area contributed by atoms with Gasteiger partial charge in [0.05, 0.1) is 16.4 Å². The lowest BCUT2D eigenvalue weighted by atomic mass is 9.81. The Bertz CT molecular complexity index is 821. The summed E-state index contributed by atoms with van der Waals surface area (Å²) < 4.78 is 7.33. The van der Waals surface area contributed by atoms with Crippen LogP contribution in [0.15, 0.2) is 29.1 Å². The largest absolute Gasteiger partial charge is 0.399 e. The number of para-hydroxylation sites is 1. The molecule has 0 bridgehead atoms. The third kappa shape index (κ3) is 3.71. The summed E-state index contributed by atoms with van der Waals surface area (Å²) in [5.41, 5.74) is 1.29. The third-order valence-corrected chi connectivity index (χ3v) is 5.02. The van der Waals surface area contributed by atoms with E-state index in [1.807, 2.05) is 58.1 Å². The molecule has 0 aliphatic heterocycles. The standard InChI is InChI=1S/C18H23BrNO3Si/c1-18(2,3)16-12-8-6-7-9-13(12)20(11-23-24(4)5)17(22)15(16)14(21)10-19/h6-9H,10-11H2,1-5H3. The molecule has 24 heavy (non-hydrogen) atoms. The number of ketones is 1. The molecule has 0 amide bonds. The summed E-state index contributed by atoms with van der Waals surface area (Å²) in [5, 5.41) is 1.06. The number of alkyl halides is 1. The van der Waals surface area contributed by atoms with Crippen LogP contribution in [-0.4, -0.2) is 24.7 Å². The van der Waals surface area contributed by atoms with Crippen molar-refractivity contribution in [3.8, 4) is 0 Å². The zero-order chi connectivity index (χ0) is 18.1. The molecule has 2 aromatic rings. The molecule has 1 heterocycles. The molecule has 0 unspecified atom stereocenters. The minimum absolute atomic E-state index is 0.126. The number of benzene rings is 1. The second-order valence-corrected chi connectivity index (χ2v) is 9.65. The Morgan fingerprint density at radius 1 is 1.25 bits per heavy atom. The molecule has 0 N–H and O–H groups in total. The van der Waals surface area contributed by atoms with Gasteiger partial charge >= 0.3 is 0 Å². The predicted molar refractivity (Wildman–Crippen MR) is 104 cm³/mol. The van der Waals surface area contributed by atoms with Gasteiger partial charge in [-0.25, -0.2) is 0 Å². The molecule has 1 aromatic heterocycles. The number of hydrogen-bond donors (Lipinski definition) is 0. The Labute approximate surface area is 152 Å². The smallest absolute Gasteiger partial charge is 0.264 e. The molecule has 0 aliphatic rings. The van der Waals surface area contributed by atoms with Crippen LogP contribution in [0.1, 0.15) is 36.7 Å². The monoisotopic (exact) mass is 408 g/mol. The Kier molecular flexibility index (Phi) is 5.83. The highest BCUT2D eigenvalue weighted by Gasteiger charge is 2.28. The molecule has 6 heteroatoms. The molecule has 4 nitrogen and oxygen atoms in total. The summed E-state index contributed by atoms with van der Waals surface area (Å²) in [7, 11) is -0.947. The zero-order valence-corrected chi connectivity index (χ0v) is 17.4. The summed E-state index contributed by atoms with van der Waals surface area (Å²) in [5.74, 6) is -0.192. The Balaban J connectivity index is 2.92. The molecule has 0 saturated heterocycles. The van der Waals surface area contributed by atoms with E-state index in [0.717, 1.165) is 16.5 Å². The van der Waals surface area contributed by atoms with Gasteiger partial charge in [0.25, 0.3) is 5.56 Å². The lowest BCUT2D eigenvalue weighted by Gasteiger charge is -2.26. The van der Waals surface area contributed by atoms with Crippen LogP contribution < -0.4 is 5.56 Å². The number of rotatable bonds is 5. The van der Waals surface area contributed by atoms with Crippen LogP contribution in [0.5, 0.6) is 0 Å². The van der Waals surface area contributed by atoms with Gasteiger partial charge in [0, 0.05) is 5.39 Å². The summed E-state index contributed by atoms with van der Waals surface area (Å²) in [6.45, 7) is 10.3. The normalized spacial score (nSPS) is 12.1. The maximum Gasteiger partial charge on any atom is 0.264 e. The number of Topliss-reactive ketones (excluding diaryl/α,β-unsaturated/α-hetero) is 1. The van der Waals surface area contributed by atoms with Gasteiger partial charge in [0.1, 0.15) is 6.73 Å². The van der Waals surface area contributed by atoms with E-state index in [0.29, 0.717) is 0 Å². The number of carbonyl (C=O) groups is 1. The van der Waals surface area contributed by atoms with Crippen molar-refractivity contribution >= 4 is 41.7 Å². The van der Waals surface area contributed by atoms with Gasteiger partial charge in [-0.1, -0.05) is 54.9 Å². The second kappa shape index (κ2) is 7.33. The van der Waals surface area contributed by atoms with Gasteiger partial charge < -0.3 is 4.43 Å². The lowest BCUT2D eigenvalue weighted by molar-refractivity contribution is 0.101. The van der Waals surface area contributed by atoms with Crippen molar-refractivity contribution in [3.05, 3.63) is 45.7 Å². The van der Waals surface area contributed by atoms with Crippen LogP contribution in [0.4, 0.5) is 0 Å². The van der Waals surface area contributed by atoms with Gasteiger partial charge in [-0.15, -0.1) is 0 Å². The molecular formula is C18H23BrNO3Si. The summed E-state index contributed by atoms with van der Waals surface area (Å²) in [6, 6.07) is 7.72. The topological polar surface area (TPSA) is 48.3 Å². The van der Waals surface area contributed by atoms with E-state index in [1.54, 1.807) is 4.57 Å². The number of fused-ring (bicyclic) bond motifs is 1. The van der Waals surface area contributed by atoms with Gasteiger partial charge in [0.15, 0.2) is 5.78 Å². The van der Waals surface area contributed by atoms with E-state index in [9.17, 15) is 9.59 Å². The molecule has 0 atom stereocenters. The molecule has 1 radical (unpaired) electrons. The van der Waals surface area contributed by atoms with E-state index in [-0.39, 0.29) is 34.4 Å². The van der Waals surface area contributed by atoms with E-state index < -0.39 is 9.04 Å². The molecule has 0 saturated carbocycles. The molecule has 0 spiro atoms. The van der Waals surface area contributed by atoms with Crippen LogP contribution in [0.2, 0.25) is 13.1 Å².